The number of fused-ring (bicyclic) bond motifs is 3. The van der Waals surface area contributed by atoms with Crippen molar-refractivity contribution in [2.45, 2.75) is 32.1 Å². The molecule has 0 saturated heterocycles. The molecule has 0 N–H and O–H groups in total. The highest BCUT2D eigenvalue weighted by molar-refractivity contribution is 9.10. The summed E-state index contributed by atoms with van der Waals surface area (Å²) in [5, 5.41) is 0. The zero-order valence-corrected chi connectivity index (χ0v) is 12.7. The van der Waals surface area contributed by atoms with Crippen molar-refractivity contribution < 1.29 is 4.39 Å². The Labute approximate surface area is 121 Å². The van der Waals surface area contributed by atoms with Crippen LogP contribution in [0.1, 0.15) is 37.8 Å². The summed E-state index contributed by atoms with van der Waals surface area (Å²) in [6.07, 6.45) is 1.84. The molecule has 0 saturated carbocycles. The summed E-state index contributed by atoms with van der Waals surface area (Å²) in [6.45, 7) is 4.30. The SMILES string of the molecule is CCC1(CC)c2cc(Br)ccc2-c2cccc(F)c21. The summed E-state index contributed by atoms with van der Waals surface area (Å²) < 4.78 is 15.5. The third-order valence-corrected chi connectivity index (χ3v) is 4.98. The molecule has 1 aliphatic carbocycles. The van der Waals surface area contributed by atoms with Crippen molar-refractivity contribution in [2.24, 2.45) is 0 Å². The lowest BCUT2D eigenvalue weighted by molar-refractivity contribution is 0.460. The molecule has 2 aromatic rings. The Morgan fingerprint density at radius 1 is 1.05 bits per heavy atom. The van der Waals surface area contributed by atoms with Crippen LogP contribution in [0.15, 0.2) is 40.9 Å². The minimum atomic E-state index is -0.181. The zero-order chi connectivity index (χ0) is 13.6. The van der Waals surface area contributed by atoms with E-state index in [0.29, 0.717) is 0 Å². The van der Waals surface area contributed by atoms with Gasteiger partial charge in [-0.1, -0.05) is 48.0 Å². The molecule has 0 nitrogen and oxygen atoms in total. The molecule has 2 heteroatoms. The summed E-state index contributed by atoms with van der Waals surface area (Å²) in [5.74, 6) is -0.0754. The fraction of sp³-hybridized carbons (Fsp3) is 0.294. The molecular formula is C17H16BrF. The van der Waals surface area contributed by atoms with E-state index in [4.69, 9.17) is 0 Å². The first-order valence-corrected chi connectivity index (χ1v) is 7.52. The number of hydrogen-bond donors (Lipinski definition) is 0. The molecule has 0 bridgehead atoms. The molecule has 2 aromatic carbocycles. The van der Waals surface area contributed by atoms with E-state index in [1.807, 2.05) is 12.1 Å². The van der Waals surface area contributed by atoms with E-state index in [1.165, 1.54) is 11.1 Å². The second kappa shape index (κ2) is 4.45. The van der Waals surface area contributed by atoms with Crippen molar-refractivity contribution in [3.63, 3.8) is 0 Å². The Morgan fingerprint density at radius 2 is 1.79 bits per heavy atom. The second-order valence-electron chi connectivity index (χ2n) is 5.14. The Kier molecular flexibility index (Phi) is 3.01. The van der Waals surface area contributed by atoms with Crippen LogP contribution in [0.25, 0.3) is 11.1 Å². The largest absolute Gasteiger partial charge is 0.207 e. The summed E-state index contributed by atoms with van der Waals surface area (Å²) in [6, 6.07) is 11.7. The Hall–Kier alpha value is -1.15. The number of halogens is 2. The summed E-state index contributed by atoms with van der Waals surface area (Å²) in [4.78, 5) is 0. The lowest BCUT2D eigenvalue weighted by Gasteiger charge is -2.29. The molecule has 0 fully saturated rings. The van der Waals surface area contributed by atoms with Crippen molar-refractivity contribution in [1.29, 1.82) is 0 Å². The van der Waals surface area contributed by atoms with E-state index in [-0.39, 0.29) is 11.2 Å². The van der Waals surface area contributed by atoms with Crippen molar-refractivity contribution in [2.75, 3.05) is 0 Å². The van der Waals surface area contributed by atoms with Crippen LogP contribution >= 0.6 is 15.9 Å². The maximum absolute atomic E-state index is 14.4. The van der Waals surface area contributed by atoms with Gasteiger partial charge in [0.25, 0.3) is 0 Å². The Bertz CT molecular complexity index is 642. The topological polar surface area (TPSA) is 0 Å². The summed E-state index contributed by atoms with van der Waals surface area (Å²) >= 11 is 3.54. The maximum atomic E-state index is 14.4. The van der Waals surface area contributed by atoms with E-state index in [9.17, 15) is 4.39 Å². The Morgan fingerprint density at radius 3 is 2.47 bits per heavy atom. The van der Waals surface area contributed by atoms with Gasteiger partial charge in [0.2, 0.25) is 0 Å². The molecular weight excluding hydrogens is 303 g/mol. The average molecular weight is 319 g/mol. The zero-order valence-electron chi connectivity index (χ0n) is 11.1. The molecule has 0 amide bonds. The predicted molar refractivity (Wildman–Crippen MR) is 80.9 cm³/mol. The van der Waals surface area contributed by atoms with Gasteiger partial charge in [-0.3, -0.25) is 0 Å². The number of rotatable bonds is 2. The van der Waals surface area contributed by atoms with Crippen molar-refractivity contribution >= 4 is 15.9 Å². The van der Waals surface area contributed by atoms with Gasteiger partial charge in [0, 0.05) is 15.5 Å². The van der Waals surface area contributed by atoms with Crippen LogP contribution in [0, 0.1) is 5.82 Å². The first kappa shape index (κ1) is 12.9. The van der Waals surface area contributed by atoms with Gasteiger partial charge < -0.3 is 0 Å². The molecule has 0 atom stereocenters. The molecule has 0 radical (unpaired) electrons. The molecule has 0 aromatic heterocycles. The monoisotopic (exact) mass is 318 g/mol. The number of hydrogen-bond acceptors (Lipinski definition) is 0. The Balaban J connectivity index is 2.42. The third kappa shape index (κ3) is 1.62. The molecule has 0 aliphatic heterocycles. The van der Waals surface area contributed by atoms with E-state index in [0.717, 1.165) is 28.4 Å². The lowest BCUT2D eigenvalue weighted by atomic mass is 9.74. The van der Waals surface area contributed by atoms with Gasteiger partial charge in [-0.05, 0) is 47.7 Å². The van der Waals surface area contributed by atoms with Crippen molar-refractivity contribution in [3.05, 3.63) is 57.8 Å². The van der Waals surface area contributed by atoms with Crippen molar-refractivity contribution in [3.8, 4) is 11.1 Å². The van der Waals surface area contributed by atoms with Gasteiger partial charge in [0.05, 0.1) is 0 Å². The fourth-order valence-corrected chi connectivity index (χ4v) is 3.86. The lowest BCUT2D eigenvalue weighted by Crippen LogP contribution is -2.24. The fourth-order valence-electron chi connectivity index (χ4n) is 3.50. The van der Waals surface area contributed by atoms with Gasteiger partial charge in [0.1, 0.15) is 5.82 Å². The molecule has 3 rings (SSSR count). The second-order valence-corrected chi connectivity index (χ2v) is 6.06. The van der Waals surface area contributed by atoms with E-state index < -0.39 is 0 Å². The third-order valence-electron chi connectivity index (χ3n) is 4.49. The predicted octanol–water partition coefficient (Wildman–Crippen LogP) is 5.67. The van der Waals surface area contributed by atoms with Gasteiger partial charge in [-0.2, -0.15) is 0 Å². The highest BCUT2D eigenvalue weighted by Gasteiger charge is 2.42. The van der Waals surface area contributed by atoms with E-state index in [2.05, 4.69) is 41.9 Å². The highest BCUT2D eigenvalue weighted by atomic mass is 79.9. The summed E-state index contributed by atoms with van der Waals surface area (Å²) in [7, 11) is 0. The van der Waals surface area contributed by atoms with Gasteiger partial charge in [0.15, 0.2) is 0 Å². The van der Waals surface area contributed by atoms with Crippen LogP contribution in [0.5, 0.6) is 0 Å². The van der Waals surface area contributed by atoms with Crippen LogP contribution in [-0.4, -0.2) is 0 Å². The molecule has 98 valence electrons. The van der Waals surface area contributed by atoms with Crippen LogP contribution in [0.2, 0.25) is 0 Å². The molecule has 0 spiro atoms. The van der Waals surface area contributed by atoms with Gasteiger partial charge >= 0.3 is 0 Å². The minimum Gasteiger partial charge on any atom is -0.207 e. The minimum absolute atomic E-state index is 0.0754. The molecule has 1 aliphatic rings. The molecule has 0 heterocycles. The van der Waals surface area contributed by atoms with Gasteiger partial charge in [-0.15, -0.1) is 0 Å². The average Bonchev–Trinajstić information content (AvgIpc) is 2.70. The normalized spacial score (nSPS) is 15.2. The smallest absolute Gasteiger partial charge is 0.127 e. The quantitative estimate of drug-likeness (QED) is 0.668. The van der Waals surface area contributed by atoms with E-state index >= 15 is 0 Å². The van der Waals surface area contributed by atoms with Crippen LogP contribution in [0.4, 0.5) is 4.39 Å². The standard InChI is InChI=1S/C17H16BrF/c1-3-17(4-2)14-10-11(18)8-9-12(14)13-6-5-7-15(19)16(13)17/h5-10H,3-4H2,1-2H3. The first-order valence-electron chi connectivity index (χ1n) is 6.73. The van der Waals surface area contributed by atoms with E-state index in [1.54, 1.807) is 12.1 Å². The maximum Gasteiger partial charge on any atom is 0.127 e. The molecule has 0 unspecified atom stereocenters. The first-order chi connectivity index (χ1) is 9.14. The highest BCUT2D eigenvalue weighted by Crippen LogP contribution is 2.53. The van der Waals surface area contributed by atoms with Gasteiger partial charge in [-0.25, -0.2) is 4.39 Å². The van der Waals surface area contributed by atoms with Crippen molar-refractivity contribution in [1.82, 2.24) is 0 Å². The number of benzene rings is 2. The van der Waals surface area contributed by atoms with Crippen LogP contribution in [-0.2, 0) is 5.41 Å². The van der Waals surface area contributed by atoms with Crippen LogP contribution < -0.4 is 0 Å². The van der Waals surface area contributed by atoms with Crippen LogP contribution in [0.3, 0.4) is 0 Å². The molecule has 19 heavy (non-hydrogen) atoms. The summed E-state index contributed by atoms with van der Waals surface area (Å²) in [5.41, 5.74) is 4.20.